The zero-order chi connectivity index (χ0) is 11.0. The van der Waals surface area contributed by atoms with Crippen molar-refractivity contribution in [3.05, 3.63) is 42.7 Å². The molecule has 0 amide bonds. The highest BCUT2D eigenvalue weighted by molar-refractivity contribution is 5.74. The van der Waals surface area contributed by atoms with Gasteiger partial charge in [0.15, 0.2) is 0 Å². The van der Waals surface area contributed by atoms with Gasteiger partial charge in [0.05, 0.1) is 17.4 Å². The van der Waals surface area contributed by atoms with Gasteiger partial charge >= 0.3 is 0 Å². The highest BCUT2D eigenvalue weighted by Crippen LogP contribution is 2.15. The number of pyridine rings is 1. The standard InChI is InChI=1S/C11H9N5/c12-8-1-3-9(4-2-8)16-11-5-6-13-7-10(11)14-15-16/h1-7H,12H2. The molecular weight excluding hydrogens is 202 g/mol. The minimum absolute atomic E-state index is 0.731. The quantitative estimate of drug-likeness (QED) is 0.617. The van der Waals surface area contributed by atoms with Gasteiger partial charge in [-0.1, -0.05) is 5.21 Å². The van der Waals surface area contributed by atoms with E-state index in [-0.39, 0.29) is 0 Å². The number of aromatic nitrogens is 4. The number of nitrogens with two attached hydrogens (primary N) is 1. The molecule has 0 saturated carbocycles. The Morgan fingerprint density at radius 3 is 2.69 bits per heavy atom. The molecule has 3 rings (SSSR count). The number of nitrogen functional groups attached to an aromatic ring is 1. The summed E-state index contributed by atoms with van der Waals surface area (Å²) < 4.78 is 1.76. The fourth-order valence-electron chi connectivity index (χ4n) is 1.58. The summed E-state index contributed by atoms with van der Waals surface area (Å²) in [5.74, 6) is 0. The summed E-state index contributed by atoms with van der Waals surface area (Å²) in [7, 11) is 0. The monoisotopic (exact) mass is 211 g/mol. The first-order chi connectivity index (χ1) is 7.84. The Kier molecular flexibility index (Phi) is 1.83. The van der Waals surface area contributed by atoms with E-state index in [4.69, 9.17) is 5.73 Å². The van der Waals surface area contributed by atoms with E-state index in [1.54, 1.807) is 17.1 Å². The molecule has 5 heteroatoms. The molecule has 1 aromatic carbocycles. The highest BCUT2D eigenvalue weighted by Gasteiger charge is 2.05. The molecule has 0 bridgehead atoms. The van der Waals surface area contributed by atoms with E-state index in [2.05, 4.69) is 15.3 Å². The van der Waals surface area contributed by atoms with Crippen LogP contribution in [0.2, 0.25) is 0 Å². The Labute approximate surface area is 91.5 Å². The SMILES string of the molecule is Nc1ccc(-n2nnc3cnccc32)cc1. The van der Waals surface area contributed by atoms with Crippen LogP contribution in [-0.4, -0.2) is 20.0 Å². The molecule has 2 N–H and O–H groups in total. The maximum atomic E-state index is 5.64. The molecule has 0 atom stereocenters. The molecule has 2 aromatic heterocycles. The van der Waals surface area contributed by atoms with Crippen molar-refractivity contribution in [2.24, 2.45) is 0 Å². The van der Waals surface area contributed by atoms with Gasteiger partial charge in [0.2, 0.25) is 0 Å². The van der Waals surface area contributed by atoms with Crippen LogP contribution in [0.5, 0.6) is 0 Å². The predicted molar refractivity (Wildman–Crippen MR) is 61.1 cm³/mol. The van der Waals surface area contributed by atoms with Crippen LogP contribution in [-0.2, 0) is 0 Å². The van der Waals surface area contributed by atoms with Gasteiger partial charge in [0.25, 0.3) is 0 Å². The number of rotatable bonds is 1. The smallest absolute Gasteiger partial charge is 0.131 e. The van der Waals surface area contributed by atoms with Crippen LogP contribution in [0, 0.1) is 0 Å². The van der Waals surface area contributed by atoms with E-state index in [0.29, 0.717) is 0 Å². The van der Waals surface area contributed by atoms with E-state index in [0.717, 1.165) is 22.4 Å². The van der Waals surface area contributed by atoms with Gasteiger partial charge in [-0.05, 0) is 30.3 Å². The molecule has 0 saturated heterocycles. The molecular formula is C11H9N5. The molecule has 0 aliphatic heterocycles. The first-order valence-corrected chi connectivity index (χ1v) is 4.86. The van der Waals surface area contributed by atoms with Gasteiger partial charge < -0.3 is 5.73 Å². The van der Waals surface area contributed by atoms with Crippen molar-refractivity contribution in [1.82, 2.24) is 20.0 Å². The van der Waals surface area contributed by atoms with Crippen LogP contribution in [0.25, 0.3) is 16.7 Å². The summed E-state index contributed by atoms with van der Waals surface area (Å²) in [6.45, 7) is 0. The lowest BCUT2D eigenvalue weighted by molar-refractivity contribution is 0.824. The molecule has 16 heavy (non-hydrogen) atoms. The van der Waals surface area contributed by atoms with Gasteiger partial charge in [-0.2, -0.15) is 0 Å². The number of benzene rings is 1. The van der Waals surface area contributed by atoms with Crippen molar-refractivity contribution < 1.29 is 0 Å². The summed E-state index contributed by atoms with van der Waals surface area (Å²) in [6, 6.07) is 9.37. The van der Waals surface area contributed by atoms with Crippen molar-refractivity contribution in [2.75, 3.05) is 5.73 Å². The highest BCUT2D eigenvalue weighted by atomic mass is 15.4. The number of hydrogen-bond donors (Lipinski definition) is 1. The van der Waals surface area contributed by atoms with Gasteiger partial charge in [0, 0.05) is 11.9 Å². The second-order valence-corrected chi connectivity index (χ2v) is 3.46. The first kappa shape index (κ1) is 8.84. The lowest BCUT2D eigenvalue weighted by Crippen LogP contribution is -1.96. The summed E-state index contributed by atoms with van der Waals surface area (Å²) in [5.41, 5.74) is 9.01. The molecule has 0 spiro atoms. The van der Waals surface area contributed by atoms with E-state index in [9.17, 15) is 0 Å². The number of nitrogens with zero attached hydrogens (tertiary/aromatic N) is 4. The molecule has 3 aromatic rings. The van der Waals surface area contributed by atoms with Crippen molar-refractivity contribution in [3.63, 3.8) is 0 Å². The lowest BCUT2D eigenvalue weighted by atomic mass is 10.3. The maximum Gasteiger partial charge on any atom is 0.131 e. The summed E-state index contributed by atoms with van der Waals surface area (Å²) >= 11 is 0. The Hall–Kier alpha value is -2.43. The molecule has 0 aliphatic carbocycles. The minimum atomic E-state index is 0.731. The first-order valence-electron chi connectivity index (χ1n) is 4.86. The molecule has 0 unspecified atom stereocenters. The Balaban J connectivity index is 2.22. The molecule has 0 aliphatic rings. The average Bonchev–Trinajstić information content (AvgIpc) is 2.74. The average molecular weight is 211 g/mol. The van der Waals surface area contributed by atoms with Gasteiger partial charge in [-0.3, -0.25) is 4.98 Å². The van der Waals surface area contributed by atoms with Gasteiger partial charge in [0.1, 0.15) is 5.52 Å². The van der Waals surface area contributed by atoms with Crippen LogP contribution in [0.3, 0.4) is 0 Å². The summed E-state index contributed by atoms with van der Waals surface area (Å²) in [5, 5.41) is 8.12. The number of anilines is 1. The third-order valence-corrected chi connectivity index (χ3v) is 2.39. The van der Waals surface area contributed by atoms with Crippen molar-refractivity contribution >= 4 is 16.7 Å². The second-order valence-electron chi connectivity index (χ2n) is 3.46. The fourth-order valence-corrected chi connectivity index (χ4v) is 1.58. The molecule has 78 valence electrons. The fraction of sp³-hybridized carbons (Fsp3) is 0. The maximum absolute atomic E-state index is 5.64. The zero-order valence-electron chi connectivity index (χ0n) is 8.41. The van der Waals surface area contributed by atoms with Crippen molar-refractivity contribution in [2.45, 2.75) is 0 Å². The van der Waals surface area contributed by atoms with Crippen LogP contribution in [0.1, 0.15) is 0 Å². The second kappa shape index (κ2) is 3.30. The minimum Gasteiger partial charge on any atom is -0.399 e. The normalized spacial score (nSPS) is 10.8. The Bertz CT molecular complexity index is 626. The third-order valence-electron chi connectivity index (χ3n) is 2.39. The zero-order valence-corrected chi connectivity index (χ0v) is 8.41. The van der Waals surface area contributed by atoms with Crippen LogP contribution in [0.4, 0.5) is 5.69 Å². The molecule has 2 heterocycles. The largest absolute Gasteiger partial charge is 0.399 e. The number of fused-ring (bicyclic) bond motifs is 1. The van der Waals surface area contributed by atoms with E-state index in [1.165, 1.54) is 0 Å². The van der Waals surface area contributed by atoms with Crippen LogP contribution < -0.4 is 5.73 Å². The van der Waals surface area contributed by atoms with Crippen molar-refractivity contribution in [1.29, 1.82) is 0 Å². The van der Waals surface area contributed by atoms with Gasteiger partial charge in [-0.25, -0.2) is 4.68 Å². The predicted octanol–water partition coefficient (Wildman–Crippen LogP) is 1.40. The molecule has 5 nitrogen and oxygen atoms in total. The van der Waals surface area contributed by atoms with Crippen LogP contribution in [0.15, 0.2) is 42.7 Å². The van der Waals surface area contributed by atoms with E-state index >= 15 is 0 Å². The summed E-state index contributed by atoms with van der Waals surface area (Å²) in [4.78, 5) is 4.00. The van der Waals surface area contributed by atoms with Crippen molar-refractivity contribution in [3.8, 4) is 5.69 Å². The van der Waals surface area contributed by atoms with Crippen LogP contribution >= 0.6 is 0 Å². The molecule has 0 fully saturated rings. The Morgan fingerprint density at radius 1 is 1.06 bits per heavy atom. The summed E-state index contributed by atoms with van der Waals surface area (Å²) in [6.07, 6.45) is 3.41. The number of hydrogen-bond acceptors (Lipinski definition) is 4. The van der Waals surface area contributed by atoms with Gasteiger partial charge in [-0.15, -0.1) is 5.10 Å². The Morgan fingerprint density at radius 2 is 1.88 bits per heavy atom. The molecule has 0 radical (unpaired) electrons. The van der Waals surface area contributed by atoms with E-state index < -0.39 is 0 Å². The third kappa shape index (κ3) is 1.30. The lowest BCUT2D eigenvalue weighted by Gasteiger charge is -2.01. The van der Waals surface area contributed by atoms with E-state index in [1.807, 2.05) is 30.3 Å². The topological polar surface area (TPSA) is 69.6 Å².